The van der Waals surface area contributed by atoms with Crippen LogP contribution in [-0.4, -0.2) is 32.2 Å². The molecule has 1 fully saturated rings. The highest BCUT2D eigenvalue weighted by Gasteiger charge is 2.15. The average Bonchev–Trinajstić information content (AvgIpc) is 2.67. The van der Waals surface area contributed by atoms with Crippen LogP contribution in [0.1, 0.15) is 24.1 Å². The minimum atomic E-state index is -0.330. The summed E-state index contributed by atoms with van der Waals surface area (Å²) < 4.78 is 19.4. The lowest BCUT2D eigenvalue weighted by atomic mass is 10.1. The van der Waals surface area contributed by atoms with Gasteiger partial charge in [0.15, 0.2) is 0 Å². The molecule has 0 saturated carbocycles. The molecule has 4 nitrogen and oxygen atoms in total. The maximum atomic E-state index is 14.1. The van der Waals surface area contributed by atoms with E-state index in [4.69, 9.17) is 16.3 Å². The Kier molecular flexibility index (Phi) is 6.48. The van der Waals surface area contributed by atoms with Crippen molar-refractivity contribution in [3.63, 3.8) is 0 Å². The van der Waals surface area contributed by atoms with Crippen LogP contribution >= 0.6 is 11.6 Å². The highest BCUT2D eigenvalue weighted by atomic mass is 35.5. The predicted octanol–water partition coefficient (Wildman–Crippen LogP) is 4.21. The fourth-order valence-electron chi connectivity index (χ4n) is 2.97. The average molecular weight is 389 g/mol. The summed E-state index contributed by atoms with van der Waals surface area (Å²) in [6.07, 6.45) is 3.09. The van der Waals surface area contributed by atoms with Gasteiger partial charge in [-0.05, 0) is 48.4 Å². The molecule has 0 aliphatic carbocycles. The summed E-state index contributed by atoms with van der Waals surface area (Å²) >= 11 is 6.08. The van der Waals surface area contributed by atoms with Gasteiger partial charge in [0.25, 0.3) is 0 Å². The Bertz CT molecular complexity index is 835. The first kappa shape index (κ1) is 19.4. The van der Waals surface area contributed by atoms with Crippen LogP contribution in [0.2, 0.25) is 5.02 Å². The number of hydrogen-bond donors (Lipinski definition) is 1. The van der Waals surface area contributed by atoms with Gasteiger partial charge in [-0.25, -0.2) is 4.39 Å². The lowest BCUT2D eigenvalue weighted by Crippen LogP contribution is -2.36. The minimum absolute atomic E-state index is 0.264. The van der Waals surface area contributed by atoms with Crippen molar-refractivity contribution < 1.29 is 13.9 Å². The zero-order valence-corrected chi connectivity index (χ0v) is 15.9. The molecule has 0 spiro atoms. The zero-order valence-electron chi connectivity index (χ0n) is 15.1. The summed E-state index contributed by atoms with van der Waals surface area (Å²) in [5, 5.41) is 3.44. The number of rotatable bonds is 5. The van der Waals surface area contributed by atoms with E-state index in [1.807, 2.05) is 31.2 Å². The smallest absolute Gasteiger partial charge is 0.244 e. The predicted molar refractivity (Wildman–Crippen MR) is 106 cm³/mol. The number of nitrogens with one attached hydrogen (secondary N) is 1. The number of benzene rings is 2. The molecule has 1 aliphatic heterocycles. The van der Waals surface area contributed by atoms with Crippen molar-refractivity contribution in [3.8, 4) is 0 Å². The van der Waals surface area contributed by atoms with Crippen LogP contribution < -0.4 is 10.2 Å². The van der Waals surface area contributed by atoms with Crippen molar-refractivity contribution in [1.82, 2.24) is 5.32 Å². The standard InChI is InChI=1S/C21H22ClFN2O2/c1-15(24-21(26)7-6-16-4-2-3-5-20(16)22)17-12-18(23)14-19(13-17)25-8-10-27-11-9-25/h2-7,12-15H,8-11H2,1H3,(H,24,26). The highest BCUT2D eigenvalue weighted by Crippen LogP contribution is 2.24. The molecule has 1 atom stereocenters. The lowest BCUT2D eigenvalue weighted by Gasteiger charge is -2.29. The van der Waals surface area contributed by atoms with Crippen LogP contribution in [-0.2, 0) is 9.53 Å². The van der Waals surface area contributed by atoms with Gasteiger partial charge in [0.2, 0.25) is 5.91 Å². The number of carbonyl (C=O) groups excluding carboxylic acids is 1. The van der Waals surface area contributed by atoms with Crippen molar-refractivity contribution in [2.75, 3.05) is 31.2 Å². The van der Waals surface area contributed by atoms with E-state index < -0.39 is 0 Å². The first-order valence-corrected chi connectivity index (χ1v) is 9.27. The van der Waals surface area contributed by atoms with Gasteiger partial charge in [-0.2, -0.15) is 0 Å². The van der Waals surface area contributed by atoms with Crippen LogP contribution in [0.25, 0.3) is 6.08 Å². The molecule has 0 bridgehead atoms. The molecule has 3 rings (SSSR count). The molecule has 1 unspecified atom stereocenters. The van der Waals surface area contributed by atoms with E-state index >= 15 is 0 Å². The Morgan fingerprint density at radius 1 is 1.26 bits per heavy atom. The first-order chi connectivity index (χ1) is 13.0. The van der Waals surface area contributed by atoms with Gasteiger partial charge >= 0.3 is 0 Å². The minimum Gasteiger partial charge on any atom is -0.378 e. The van der Waals surface area contributed by atoms with Gasteiger partial charge in [0.1, 0.15) is 5.82 Å². The Balaban J connectivity index is 1.68. The molecule has 6 heteroatoms. The molecule has 1 saturated heterocycles. The maximum Gasteiger partial charge on any atom is 0.244 e. The van der Waals surface area contributed by atoms with E-state index in [1.165, 1.54) is 18.2 Å². The van der Waals surface area contributed by atoms with Crippen LogP contribution in [0.15, 0.2) is 48.5 Å². The monoisotopic (exact) mass is 388 g/mol. The molecular formula is C21H22ClFN2O2. The number of carbonyl (C=O) groups is 1. The Morgan fingerprint density at radius 2 is 2.00 bits per heavy atom. The molecule has 0 radical (unpaired) electrons. The molecule has 1 N–H and O–H groups in total. The topological polar surface area (TPSA) is 41.6 Å². The fourth-order valence-corrected chi connectivity index (χ4v) is 3.17. The summed E-state index contributed by atoms with van der Waals surface area (Å²) in [6.45, 7) is 4.55. The second-order valence-electron chi connectivity index (χ2n) is 6.43. The quantitative estimate of drug-likeness (QED) is 0.780. The van der Waals surface area contributed by atoms with Crippen LogP contribution in [0.4, 0.5) is 10.1 Å². The molecule has 0 aromatic heterocycles. The van der Waals surface area contributed by atoms with Crippen molar-refractivity contribution in [2.24, 2.45) is 0 Å². The summed E-state index contributed by atoms with van der Waals surface area (Å²) in [4.78, 5) is 14.3. The number of anilines is 1. The molecule has 1 amide bonds. The van der Waals surface area contributed by atoms with Crippen molar-refractivity contribution in [2.45, 2.75) is 13.0 Å². The molecule has 2 aromatic rings. The van der Waals surface area contributed by atoms with E-state index in [0.29, 0.717) is 18.2 Å². The first-order valence-electron chi connectivity index (χ1n) is 8.89. The van der Waals surface area contributed by atoms with E-state index in [2.05, 4.69) is 10.2 Å². The lowest BCUT2D eigenvalue weighted by molar-refractivity contribution is -0.117. The number of halogens is 2. The number of morpholine rings is 1. The third-order valence-electron chi connectivity index (χ3n) is 4.46. The molecule has 27 heavy (non-hydrogen) atoms. The van der Waals surface area contributed by atoms with E-state index in [-0.39, 0.29) is 17.8 Å². The van der Waals surface area contributed by atoms with Gasteiger partial charge in [-0.15, -0.1) is 0 Å². The normalized spacial score (nSPS) is 15.7. The summed E-state index contributed by atoms with van der Waals surface area (Å²) in [5.41, 5.74) is 2.29. The van der Waals surface area contributed by atoms with Crippen molar-refractivity contribution in [3.05, 3.63) is 70.5 Å². The molecule has 142 valence electrons. The van der Waals surface area contributed by atoms with Gasteiger partial charge < -0.3 is 15.0 Å². The summed E-state index contributed by atoms with van der Waals surface area (Å²) in [6, 6.07) is 11.8. The van der Waals surface area contributed by atoms with Crippen molar-refractivity contribution in [1.29, 1.82) is 0 Å². The number of amides is 1. The SMILES string of the molecule is CC(NC(=O)C=Cc1ccccc1Cl)c1cc(F)cc(N2CCOCC2)c1. The molecule has 2 aromatic carbocycles. The van der Waals surface area contributed by atoms with Crippen molar-refractivity contribution >= 4 is 29.3 Å². The van der Waals surface area contributed by atoms with Gasteiger partial charge in [0.05, 0.1) is 19.3 Å². The third kappa shape index (κ3) is 5.31. The summed E-state index contributed by atoms with van der Waals surface area (Å²) in [5.74, 6) is -0.582. The zero-order chi connectivity index (χ0) is 19.2. The fraction of sp³-hybridized carbons (Fsp3) is 0.286. The van der Waals surface area contributed by atoms with E-state index in [1.54, 1.807) is 12.1 Å². The second kappa shape index (κ2) is 9.02. The maximum absolute atomic E-state index is 14.1. The molecular weight excluding hydrogens is 367 g/mol. The largest absolute Gasteiger partial charge is 0.378 e. The summed E-state index contributed by atoms with van der Waals surface area (Å²) in [7, 11) is 0. The Labute approximate surface area is 163 Å². The van der Waals surface area contributed by atoms with Gasteiger partial charge in [0, 0.05) is 29.9 Å². The van der Waals surface area contributed by atoms with Gasteiger partial charge in [-0.1, -0.05) is 29.8 Å². The van der Waals surface area contributed by atoms with Crippen LogP contribution in [0, 0.1) is 5.82 Å². The van der Waals surface area contributed by atoms with Crippen LogP contribution in [0.3, 0.4) is 0 Å². The Hall–Kier alpha value is -2.37. The van der Waals surface area contributed by atoms with E-state index in [9.17, 15) is 9.18 Å². The number of ether oxygens (including phenoxy) is 1. The Morgan fingerprint density at radius 3 is 2.74 bits per heavy atom. The second-order valence-corrected chi connectivity index (χ2v) is 6.83. The van der Waals surface area contributed by atoms with Gasteiger partial charge in [-0.3, -0.25) is 4.79 Å². The van der Waals surface area contributed by atoms with Crippen LogP contribution in [0.5, 0.6) is 0 Å². The molecule has 1 heterocycles. The molecule has 1 aliphatic rings. The third-order valence-corrected chi connectivity index (χ3v) is 4.80. The number of nitrogens with zero attached hydrogens (tertiary/aromatic N) is 1. The van der Waals surface area contributed by atoms with E-state index in [0.717, 1.165) is 29.9 Å². The highest BCUT2D eigenvalue weighted by molar-refractivity contribution is 6.32. The number of hydrogen-bond acceptors (Lipinski definition) is 3.